The lowest BCUT2D eigenvalue weighted by atomic mass is 10.1. The molecule has 2 atom stereocenters. The maximum Gasteiger partial charge on any atom is 0.264 e. The summed E-state index contributed by atoms with van der Waals surface area (Å²) in [5, 5.41) is 3.68. The number of aryl methyl sites for hydroxylation is 2. The monoisotopic (exact) mass is 603 g/mol. The van der Waals surface area contributed by atoms with E-state index in [1.165, 1.54) is 17.0 Å². The van der Waals surface area contributed by atoms with Crippen LogP contribution in [0.1, 0.15) is 43.9 Å². The van der Waals surface area contributed by atoms with Crippen LogP contribution in [-0.4, -0.2) is 43.8 Å². The van der Waals surface area contributed by atoms with Crippen LogP contribution in [0.3, 0.4) is 0 Å². The standard InChI is InChI=1S/C30H35Cl2N3O4S/c1-6-22(4)33-30(37)23(5)34(18-24-12-13-25(31)17-28(24)32)29(36)19-35(26-9-7-8-21(3)16-26)40(38,39)27-14-10-20(2)11-15-27/h7-17,22-23H,6,18-19H2,1-5H3,(H,33,37)/t22-,23-/m1/s1. The first-order valence-electron chi connectivity index (χ1n) is 13.0. The highest BCUT2D eigenvalue weighted by molar-refractivity contribution is 7.92. The van der Waals surface area contributed by atoms with E-state index in [2.05, 4.69) is 5.32 Å². The maximum atomic E-state index is 14.0. The molecule has 0 aliphatic rings. The third-order valence-electron chi connectivity index (χ3n) is 6.70. The lowest BCUT2D eigenvalue weighted by Crippen LogP contribution is -2.52. The van der Waals surface area contributed by atoms with Crippen molar-refractivity contribution in [3.05, 3.63) is 93.5 Å². The summed E-state index contributed by atoms with van der Waals surface area (Å²) in [5.74, 6) is -0.911. The molecule has 2 amide bonds. The van der Waals surface area contributed by atoms with Gasteiger partial charge in [-0.1, -0.05) is 66.0 Å². The molecule has 0 fully saturated rings. The molecular weight excluding hydrogens is 569 g/mol. The molecule has 0 aliphatic heterocycles. The Balaban J connectivity index is 2.05. The molecule has 0 unspecified atom stereocenters. The molecule has 214 valence electrons. The second kappa shape index (κ2) is 13.5. The van der Waals surface area contributed by atoms with Crippen molar-refractivity contribution in [1.29, 1.82) is 0 Å². The van der Waals surface area contributed by atoms with Crippen molar-refractivity contribution in [2.45, 2.75) is 64.6 Å². The number of anilines is 1. The highest BCUT2D eigenvalue weighted by atomic mass is 35.5. The molecule has 0 bridgehead atoms. The van der Waals surface area contributed by atoms with Gasteiger partial charge < -0.3 is 10.2 Å². The Morgan fingerprint density at radius 3 is 2.20 bits per heavy atom. The van der Waals surface area contributed by atoms with Gasteiger partial charge in [0.05, 0.1) is 10.6 Å². The number of amides is 2. The molecule has 0 saturated heterocycles. The van der Waals surface area contributed by atoms with Gasteiger partial charge in [-0.05, 0) is 81.6 Å². The minimum Gasteiger partial charge on any atom is -0.352 e. The van der Waals surface area contributed by atoms with E-state index in [4.69, 9.17) is 23.2 Å². The Kier molecular flexibility index (Phi) is 10.6. The molecule has 40 heavy (non-hydrogen) atoms. The summed E-state index contributed by atoms with van der Waals surface area (Å²) in [6.07, 6.45) is 0.714. The van der Waals surface area contributed by atoms with E-state index in [-0.39, 0.29) is 23.4 Å². The summed E-state index contributed by atoms with van der Waals surface area (Å²) in [6.45, 7) is 8.61. The Morgan fingerprint density at radius 2 is 1.60 bits per heavy atom. The van der Waals surface area contributed by atoms with E-state index < -0.39 is 28.5 Å². The summed E-state index contributed by atoms with van der Waals surface area (Å²) in [6, 6.07) is 17.3. The first-order valence-corrected chi connectivity index (χ1v) is 15.2. The molecular formula is C30H35Cl2N3O4S. The van der Waals surface area contributed by atoms with Gasteiger partial charge in [-0.2, -0.15) is 0 Å². The third-order valence-corrected chi connectivity index (χ3v) is 9.08. The summed E-state index contributed by atoms with van der Waals surface area (Å²) < 4.78 is 28.9. The fraction of sp³-hybridized carbons (Fsp3) is 0.333. The number of carbonyl (C=O) groups is 2. The smallest absolute Gasteiger partial charge is 0.264 e. The first kappa shape index (κ1) is 31.5. The van der Waals surface area contributed by atoms with E-state index in [9.17, 15) is 18.0 Å². The second-order valence-corrected chi connectivity index (χ2v) is 12.6. The van der Waals surface area contributed by atoms with Gasteiger partial charge in [-0.3, -0.25) is 13.9 Å². The number of rotatable bonds is 11. The SMILES string of the molecule is CC[C@@H](C)NC(=O)[C@@H](C)N(Cc1ccc(Cl)cc1Cl)C(=O)CN(c1cccc(C)c1)S(=O)(=O)c1ccc(C)cc1. The zero-order chi connectivity index (χ0) is 29.6. The van der Waals surface area contributed by atoms with Crippen LogP contribution in [0.4, 0.5) is 5.69 Å². The Bertz CT molecular complexity index is 1460. The molecule has 0 saturated carbocycles. The van der Waals surface area contributed by atoms with E-state index >= 15 is 0 Å². The molecule has 7 nitrogen and oxygen atoms in total. The minimum atomic E-state index is -4.13. The minimum absolute atomic E-state index is 0.0177. The van der Waals surface area contributed by atoms with Crippen LogP contribution < -0.4 is 9.62 Å². The van der Waals surface area contributed by atoms with Crippen molar-refractivity contribution in [3.63, 3.8) is 0 Å². The Labute approximate surface area is 247 Å². The van der Waals surface area contributed by atoms with Crippen molar-refractivity contribution in [1.82, 2.24) is 10.2 Å². The summed E-state index contributed by atoms with van der Waals surface area (Å²) in [5.41, 5.74) is 2.66. The number of hydrogen-bond donors (Lipinski definition) is 1. The Hall–Kier alpha value is -3.07. The van der Waals surface area contributed by atoms with Crippen LogP contribution in [0.5, 0.6) is 0 Å². The van der Waals surface area contributed by atoms with Crippen molar-refractivity contribution < 1.29 is 18.0 Å². The number of hydrogen-bond acceptors (Lipinski definition) is 4. The van der Waals surface area contributed by atoms with Gasteiger partial charge in [0.2, 0.25) is 11.8 Å². The average molecular weight is 605 g/mol. The highest BCUT2D eigenvalue weighted by Crippen LogP contribution is 2.27. The zero-order valence-electron chi connectivity index (χ0n) is 23.3. The topological polar surface area (TPSA) is 86.8 Å². The van der Waals surface area contributed by atoms with Crippen LogP contribution in [0.25, 0.3) is 0 Å². The Morgan fingerprint density at radius 1 is 0.925 bits per heavy atom. The van der Waals surface area contributed by atoms with Gasteiger partial charge in [0.1, 0.15) is 12.6 Å². The number of nitrogens with one attached hydrogen (secondary N) is 1. The lowest BCUT2D eigenvalue weighted by Gasteiger charge is -2.32. The zero-order valence-corrected chi connectivity index (χ0v) is 25.6. The number of halogens is 2. The summed E-state index contributed by atoms with van der Waals surface area (Å²) >= 11 is 12.5. The van der Waals surface area contributed by atoms with E-state index in [0.717, 1.165) is 15.4 Å². The summed E-state index contributed by atoms with van der Waals surface area (Å²) in [7, 11) is -4.13. The van der Waals surface area contributed by atoms with Gasteiger partial charge in [-0.25, -0.2) is 8.42 Å². The quantitative estimate of drug-likeness (QED) is 0.285. The van der Waals surface area contributed by atoms with Crippen LogP contribution in [-0.2, 0) is 26.2 Å². The molecule has 3 rings (SSSR count). The molecule has 0 spiro atoms. The lowest BCUT2D eigenvalue weighted by molar-refractivity contribution is -0.139. The predicted octanol–water partition coefficient (Wildman–Crippen LogP) is 6.14. The van der Waals surface area contributed by atoms with Crippen LogP contribution in [0.15, 0.2) is 71.6 Å². The van der Waals surface area contributed by atoms with Crippen molar-refractivity contribution >= 4 is 50.7 Å². The molecule has 3 aromatic carbocycles. The van der Waals surface area contributed by atoms with E-state index in [1.807, 2.05) is 33.8 Å². The van der Waals surface area contributed by atoms with Crippen molar-refractivity contribution in [2.75, 3.05) is 10.8 Å². The molecule has 0 aliphatic carbocycles. The normalized spacial score (nSPS) is 12.9. The van der Waals surface area contributed by atoms with E-state index in [0.29, 0.717) is 27.7 Å². The van der Waals surface area contributed by atoms with Crippen LogP contribution >= 0.6 is 23.2 Å². The van der Waals surface area contributed by atoms with Crippen molar-refractivity contribution in [3.8, 4) is 0 Å². The second-order valence-electron chi connectivity index (χ2n) is 9.91. The molecule has 3 aromatic rings. The number of benzene rings is 3. The number of carbonyl (C=O) groups excluding carboxylic acids is 2. The van der Waals surface area contributed by atoms with Gasteiger partial charge >= 0.3 is 0 Å². The third kappa shape index (κ3) is 7.77. The van der Waals surface area contributed by atoms with Gasteiger partial charge in [0.15, 0.2) is 0 Å². The maximum absolute atomic E-state index is 14.0. The first-order chi connectivity index (χ1) is 18.8. The van der Waals surface area contributed by atoms with Gasteiger partial charge in [-0.15, -0.1) is 0 Å². The highest BCUT2D eigenvalue weighted by Gasteiger charge is 2.33. The fourth-order valence-corrected chi connectivity index (χ4v) is 5.91. The average Bonchev–Trinajstić information content (AvgIpc) is 2.90. The fourth-order valence-electron chi connectivity index (χ4n) is 4.03. The molecule has 0 heterocycles. The van der Waals surface area contributed by atoms with Gasteiger partial charge in [0, 0.05) is 22.6 Å². The number of sulfonamides is 1. The number of nitrogens with zero attached hydrogens (tertiary/aromatic N) is 2. The van der Waals surface area contributed by atoms with E-state index in [1.54, 1.807) is 55.5 Å². The van der Waals surface area contributed by atoms with Crippen LogP contribution in [0, 0.1) is 13.8 Å². The largest absolute Gasteiger partial charge is 0.352 e. The molecule has 10 heteroatoms. The molecule has 1 N–H and O–H groups in total. The van der Waals surface area contributed by atoms with Crippen LogP contribution in [0.2, 0.25) is 10.0 Å². The van der Waals surface area contributed by atoms with Crippen molar-refractivity contribution in [2.24, 2.45) is 0 Å². The van der Waals surface area contributed by atoms with Gasteiger partial charge in [0.25, 0.3) is 10.0 Å². The molecule has 0 aromatic heterocycles. The predicted molar refractivity (Wildman–Crippen MR) is 161 cm³/mol. The molecule has 0 radical (unpaired) electrons. The summed E-state index contributed by atoms with van der Waals surface area (Å²) in [4.78, 5) is 28.6.